The summed E-state index contributed by atoms with van der Waals surface area (Å²) in [5, 5.41) is 4.10. The third-order valence-corrected chi connectivity index (χ3v) is 2.31. The van der Waals surface area contributed by atoms with Crippen LogP contribution in [0.1, 0.15) is 0 Å². The molecular weight excluding hydrogens is 190 g/mol. The number of nitrogens with zero attached hydrogens (tertiary/aromatic N) is 2. The van der Waals surface area contributed by atoms with Gasteiger partial charge in [0.2, 0.25) is 0 Å². The fourth-order valence-electron chi connectivity index (χ4n) is 1.58. The number of anilines is 1. The SMILES string of the molecule is COc1cccc(-c2c(N)cnn2C)c1. The Balaban J connectivity index is 2.53. The highest BCUT2D eigenvalue weighted by atomic mass is 16.5. The molecule has 4 heteroatoms. The van der Waals surface area contributed by atoms with Gasteiger partial charge in [-0.15, -0.1) is 0 Å². The van der Waals surface area contributed by atoms with Crippen LogP contribution in [-0.4, -0.2) is 16.9 Å². The summed E-state index contributed by atoms with van der Waals surface area (Å²) in [6.07, 6.45) is 1.65. The van der Waals surface area contributed by atoms with Crippen LogP contribution in [-0.2, 0) is 7.05 Å². The Morgan fingerprint density at radius 3 is 2.80 bits per heavy atom. The van der Waals surface area contributed by atoms with Crippen molar-refractivity contribution in [3.8, 4) is 17.0 Å². The Labute approximate surface area is 88.3 Å². The number of nitrogens with two attached hydrogens (primary N) is 1. The summed E-state index contributed by atoms with van der Waals surface area (Å²) in [4.78, 5) is 0. The molecule has 0 aliphatic carbocycles. The molecular formula is C11H13N3O. The van der Waals surface area contributed by atoms with E-state index in [4.69, 9.17) is 10.5 Å². The standard InChI is InChI=1S/C11H13N3O/c1-14-11(10(12)7-13-14)8-4-3-5-9(6-8)15-2/h3-7H,12H2,1-2H3. The van der Waals surface area contributed by atoms with E-state index in [0.717, 1.165) is 17.0 Å². The van der Waals surface area contributed by atoms with Crippen LogP contribution in [0, 0.1) is 0 Å². The van der Waals surface area contributed by atoms with Crippen molar-refractivity contribution in [1.82, 2.24) is 9.78 Å². The molecule has 2 N–H and O–H groups in total. The molecule has 0 fully saturated rings. The lowest BCUT2D eigenvalue weighted by atomic mass is 10.1. The van der Waals surface area contributed by atoms with E-state index in [2.05, 4.69) is 5.10 Å². The van der Waals surface area contributed by atoms with Crippen LogP contribution in [0.4, 0.5) is 5.69 Å². The van der Waals surface area contributed by atoms with Crippen LogP contribution in [0.5, 0.6) is 5.75 Å². The maximum absolute atomic E-state index is 5.84. The molecule has 4 nitrogen and oxygen atoms in total. The highest BCUT2D eigenvalue weighted by Crippen LogP contribution is 2.27. The van der Waals surface area contributed by atoms with Crippen LogP contribution < -0.4 is 10.5 Å². The Morgan fingerprint density at radius 1 is 1.40 bits per heavy atom. The molecule has 0 atom stereocenters. The predicted octanol–water partition coefficient (Wildman–Crippen LogP) is 1.68. The number of hydrogen-bond acceptors (Lipinski definition) is 3. The van der Waals surface area contributed by atoms with E-state index in [0.29, 0.717) is 5.69 Å². The minimum atomic E-state index is 0.672. The van der Waals surface area contributed by atoms with Gasteiger partial charge in [0.25, 0.3) is 0 Å². The van der Waals surface area contributed by atoms with E-state index in [-0.39, 0.29) is 0 Å². The summed E-state index contributed by atoms with van der Waals surface area (Å²) in [7, 11) is 3.51. The first-order valence-electron chi connectivity index (χ1n) is 4.64. The lowest BCUT2D eigenvalue weighted by Crippen LogP contribution is -1.96. The fourth-order valence-corrected chi connectivity index (χ4v) is 1.58. The van der Waals surface area contributed by atoms with Crippen molar-refractivity contribution in [3.63, 3.8) is 0 Å². The van der Waals surface area contributed by atoms with Crippen LogP contribution >= 0.6 is 0 Å². The summed E-state index contributed by atoms with van der Waals surface area (Å²) in [6.45, 7) is 0. The number of nitrogen functional groups attached to an aromatic ring is 1. The number of aromatic nitrogens is 2. The third kappa shape index (κ3) is 1.66. The Kier molecular flexibility index (Phi) is 2.33. The van der Waals surface area contributed by atoms with Crippen LogP contribution in [0.25, 0.3) is 11.3 Å². The number of methoxy groups -OCH3 is 1. The Bertz CT molecular complexity index is 457. The number of benzene rings is 1. The van der Waals surface area contributed by atoms with Crippen LogP contribution in [0.15, 0.2) is 30.5 Å². The monoisotopic (exact) mass is 203 g/mol. The normalized spacial score (nSPS) is 10.3. The summed E-state index contributed by atoms with van der Waals surface area (Å²) in [5.74, 6) is 0.813. The number of ether oxygens (including phenoxy) is 1. The maximum atomic E-state index is 5.84. The number of aryl methyl sites for hydroxylation is 1. The lowest BCUT2D eigenvalue weighted by Gasteiger charge is -2.05. The van der Waals surface area contributed by atoms with E-state index in [1.54, 1.807) is 18.0 Å². The molecule has 0 aliphatic heterocycles. The molecule has 0 radical (unpaired) electrons. The quantitative estimate of drug-likeness (QED) is 0.807. The first-order chi connectivity index (χ1) is 7.22. The second kappa shape index (κ2) is 3.65. The summed E-state index contributed by atoms with van der Waals surface area (Å²) in [6, 6.07) is 7.75. The molecule has 1 aromatic heterocycles. The van der Waals surface area contributed by atoms with Gasteiger partial charge in [0, 0.05) is 12.6 Å². The van der Waals surface area contributed by atoms with Crippen molar-refractivity contribution in [2.45, 2.75) is 0 Å². The molecule has 1 heterocycles. The van der Waals surface area contributed by atoms with Crippen molar-refractivity contribution in [3.05, 3.63) is 30.5 Å². The molecule has 0 saturated heterocycles. The smallest absolute Gasteiger partial charge is 0.119 e. The second-order valence-corrected chi connectivity index (χ2v) is 3.30. The van der Waals surface area contributed by atoms with E-state index in [9.17, 15) is 0 Å². The lowest BCUT2D eigenvalue weighted by molar-refractivity contribution is 0.415. The van der Waals surface area contributed by atoms with Gasteiger partial charge in [0.1, 0.15) is 5.75 Å². The van der Waals surface area contributed by atoms with Gasteiger partial charge < -0.3 is 10.5 Å². The zero-order valence-corrected chi connectivity index (χ0v) is 8.77. The van der Waals surface area contributed by atoms with E-state index >= 15 is 0 Å². The zero-order valence-electron chi connectivity index (χ0n) is 8.77. The van der Waals surface area contributed by atoms with Gasteiger partial charge in [0.15, 0.2) is 0 Å². The number of rotatable bonds is 2. The van der Waals surface area contributed by atoms with Gasteiger partial charge >= 0.3 is 0 Å². The van der Waals surface area contributed by atoms with E-state index in [1.165, 1.54) is 0 Å². The van der Waals surface area contributed by atoms with E-state index in [1.807, 2.05) is 31.3 Å². The van der Waals surface area contributed by atoms with Crippen LogP contribution in [0.2, 0.25) is 0 Å². The highest BCUT2D eigenvalue weighted by Gasteiger charge is 2.08. The van der Waals surface area contributed by atoms with Crippen molar-refractivity contribution in [2.24, 2.45) is 7.05 Å². The molecule has 0 aliphatic rings. The number of hydrogen-bond donors (Lipinski definition) is 1. The van der Waals surface area contributed by atoms with Gasteiger partial charge in [0.05, 0.1) is 24.7 Å². The molecule has 1 aromatic carbocycles. The summed E-state index contributed by atoms with van der Waals surface area (Å²) in [5.41, 5.74) is 8.43. The molecule has 0 spiro atoms. The molecule has 2 aromatic rings. The van der Waals surface area contributed by atoms with Gasteiger partial charge in [-0.05, 0) is 12.1 Å². The molecule has 0 bridgehead atoms. The third-order valence-electron chi connectivity index (χ3n) is 2.31. The Hall–Kier alpha value is -1.97. The molecule has 15 heavy (non-hydrogen) atoms. The fraction of sp³-hybridized carbons (Fsp3) is 0.182. The molecule has 0 unspecified atom stereocenters. The van der Waals surface area contributed by atoms with Crippen molar-refractivity contribution in [2.75, 3.05) is 12.8 Å². The Morgan fingerprint density at radius 2 is 2.20 bits per heavy atom. The highest BCUT2D eigenvalue weighted by molar-refractivity contribution is 5.73. The predicted molar refractivity (Wildman–Crippen MR) is 59.6 cm³/mol. The van der Waals surface area contributed by atoms with Crippen molar-refractivity contribution in [1.29, 1.82) is 0 Å². The first-order valence-corrected chi connectivity index (χ1v) is 4.64. The largest absolute Gasteiger partial charge is 0.497 e. The molecule has 78 valence electrons. The van der Waals surface area contributed by atoms with Gasteiger partial charge in [-0.3, -0.25) is 4.68 Å². The van der Waals surface area contributed by atoms with Gasteiger partial charge in [-0.2, -0.15) is 5.10 Å². The average Bonchev–Trinajstić information content (AvgIpc) is 2.59. The molecule has 0 saturated carbocycles. The summed E-state index contributed by atoms with van der Waals surface area (Å²) >= 11 is 0. The summed E-state index contributed by atoms with van der Waals surface area (Å²) < 4.78 is 6.92. The topological polar surface area (TPSA) is 53.1 Å². The maximum Gasteiger partial charge on any atom is 0.119 e. The first kappa shape index (κ1) is 9.58. The van der Waals surface area contributed by atoms with Gasteiger partial charge in [-0.1, -0.05) is 12.1 Å². The molecule has 0 amide bonds. The zero-order chi connectivity index (χ0) is 10.8. The average molecular weight is 203 g/mol. The van der Waals surface area contributed by atoms with E-state index < -0.39 is 0 Å². The van der Waals surface area contributed by atoms with Crippen LogP contribution in [0.3, 0.4) is 0 Å². The minimum absolute atomic E-state index is 0.672. The van der Waals surface area contributed by atoms with Crippen molar-refractivity contribution >= 4 is 5.69 Å². The van der Waals surface area contributed by atoms with Gasteiger partial charge in [-0.25, -0.2) is 0 Å². The second-order valence-electron chi connectivity index (χ2n) is 3.30. The molecule has 2 rings (SSSR count). The minimum Gasteiger partial charge on any atom is -0.497 e. The van der Waals surface area contributed by atoms with Crippen molar-refractivity contribution < 1.29 is 4.74 Å².